The molecule has 7 heteroatoms. The Morgan fingerprint density at radius 1 is 1.07 bits per heavy atom. The summed E-state index contributed by atoms with van der Waals surface area (Å²) in [7, 11) is 0. The molecule has 0 radical (unpaired) electrons. The molecular weight excluding hydrogens is 412 g/mol. The Morgan fingerprint density at radius 2 is 1.80 bits per heavy atom. The number of thioether (sulfide) groups is 1. The highest BCUT2D eigenvalue weighted by atomic mass is 32.2. The van der Waals surface area contributed by atoms with Crippen LogP contribution in [0.15, 0.2) is 52.9 Å². The van der Waals surface area contributed by atoms with Gasteiger partial charge in [0, 0.05) is 11.4 Å². The van der Waals surface area contributed by atoms with Gasteiger partial charge in [-0.1, -0.05) is 81.1 Å². The molecule has 1 aromatic heterocycles. The largest absolute Gasteiger partial charge is 0.330 e. The van der Waals surface area contributed by atoms with Crippen molar-refractivity contribution in [1.82, 2.24) is 10.2 Å². The second-order valence-electron chi connectivity index (χ2n) is 7.51. The van der Waals surface area contributed by atoms with Gasteiger partial charge in [0.25, 0.3) is 0 Å². The van der Waals surface area contributed by atoms with Crippen molar-refractivity contribution >= 4 is 45.5 Å². The minimum absolute atomic E-state index is 0.0373. The smallest absolute Gasteiger partial charge is 0.234 e. The minimum Gasteiger partial charge on any atom is -0.330 e. The van der Waals surface area contributed by atoms with Gasteiger partial charge in [0.15, 0.2) is 4.34 Å². The molecule has 0 fully saturated rings. The Bertz CT molecular complexity index is 969. The van der Waals surface area contributed by atoms with E-state index in [0.29, 0.717) is 17.6 Å². The van der Waals surface area contributed by atoms with Crippen LogP contribution in [-0.4, -0.2) is 21.9 Å². The standard InChI is InChI=1S/C23H28N4OS2/c1-5-16(4)19-8-6-7-9-20(19)25-21(28)14-29-23-27-26-22(30-23)24-18-12-10-17(11-13-18)15(2)3/h6-13,15-16H,5,14H2,1-4H3,(H,24,26)(H,25,28). The van der Waals surface area contributed by atoms with Crippen molar-refractivity contribution in [3.63, 3.8) is 0 Å². The molecule has 5 nitrogen and oxygen atoms in total. The average molecular weight is 441 g/mol. The number of aromatic nitrogens is 2. The Morgan fingerprint density at radius 3 is 2.50 bits per heavy atom. The van der Waals surface area contributed by atoms with Crippen molar-refractivity contribution in [2.75, 3.05) is 16.4 Å². The number of nitrogens with zero attached hydrogens (tertiary/aromatic N) is 2. The third kappa shape index (κ3) is 6.06. The van der Waals surface area contributed by atoms with Crippen LogP contribution in [0.3, 0.4) is 0 Å². The van der Waals surface area contributed by atoms with Crippen LogP contribution in [0.4, 0.5) is 16.5 Å². The van der Waals surface area contributed by atoms with E-state index in [4.69, 9.17) is 0 Å². The van der Waals surface area contributed by atoms with Crippen molar-refractivity contribution in [2.24, 2.45) is 0 Å². The number of para-hydroxylation sites is 1. The third-order valence-electron chi connectivity index (χ3n) is 4.94. The highest BCUT2D eigenvalue weighted by molar-refractivity contribution is 8.01. The summed E-state index contributed by atoms with van der Waals surface area (Å²) in [5.74, 6) is 1.17. The van der Waals surface area contributed by atoms with Crippen molar-refractivity contribution in [3.05, 3.63) is 59.7 Å². The molecule has 3 aromatic rings. The SMILES string of the molecule is CCC(C)c1ccccc1NC(=O)CSc1nnc(Nc2ccc(C(C)C)cc2)s1. The molecule has 1 unspecified atom stereocenters. The number of carbonyl (C=O) groups is 1. The zero-order chi connectivity index (χ0) is 21.5. The predicted molar refractivity (Wildman–Crippen MR) is 128 cm³/mol. The first-order valence-corrected chi connectivity index (χ1v) is 12.0. The lowest BCUT2D eigenvalue weighted by Gasteiger charge is -2.15. The molecule has 0 saturated heterocycles. The van der Waals surface area contributed by atoms with Crippen LogP contribution >= 0.6 is 23.1 Å². The van der Waals surface area contributed by atoms with Crippen LogP contribution < -0.4 is 10.6 Å². The maximum absolute atomic E-state index is 12.4. The number of rotatable bonds is 9. The first-order valence-electron chi connectivity index (χ1n) is 10.2. The van der Waals surface area contributed by atoms with E-state index in [2.05, 4.69) is 66.7 Å². The molecule has 2 N–H and O–H groups in total. The van der Waals surface area contributed by atoms with Crippen LogP contribution in [0.25, 0.3) is 0 Å². The molecule has 2 aromatic carbocycles. The molecule has 3 rings (SSSR count). The topological polar surface area (TPSA) is 66.9 Å². The Kier molecular flexibility index (Phi) is 7.87. The zero-order valence-electron chi connectivity index (χ0n) is 17.8. The molecule has 1 atom stereocenters. The molecular formula is C23H28N4OS2. The normalized spacial score (nSPS) is 12.0. The van der Waals surface area contributed by atoms with E-state index in [1.54, 1.807) is 0 Å². The van der Waals surface area contributed by atoms with Gasteiger partial charge in [-0.25, -0.2) is 0 Å². The predicted octanol–water partition coefficient (Wildman–Crippen LogP) is 6.65. The number of anilines is 3. The van der Waals surface area contributed by atoms with Gasteiger partial charge in [0.05, 0.1) is 5.75 Å². The van der Waals surface area contributed by atoms with E-state index in [1.165, 1.54) is 34.2 Å². The van der Waals surface area contributed by atoms with Crippen molar-refractivity contribution in [3.8, 4) is 0 Å². The molecule has 0 aliphatic rings. The fourth-order valence-corrected chi connectivity index (χ4v) is 4.54. The van der Waals surface area contributed by atoms with Gasteiger partial charge in [-0.05, 0) is 47.6 Å². The van der Waals surface area contributed by atoms with Crippen LogP contribution in [0.5, 0.6) is 0 Å². The minimum atomic E-state index is -0.0373. The van der Waals surface area contributed by atoms with Gasteiger partial charge < -0.3 is 10.6 Å². The summed E-state index contributed by atoms with van der Waals surface area (Å²) in [6.07, 6.45) is 1.03. The summed E-state index contributed by atoms with van der Waals surface area (Å²) < 4.78 is 0.765. The van der Waals surface area contributed by atoms with Crippen molar-refractivity contribution < 1.29 is 4.79 Å². The number of benzene rings is 2. The Balaban J connectivity index is 1.53. The quantitative estimate of drug-likeness (QED) is 0.365. The molecule has 0 bridgehead atoms. The average Bonchev–Trinajstić information content (AvgIpc) is 3.20. The number of nitrogens with one attached hydrogen (secondary N) is 2. The zero-order valence-corrected chi connectivity index (χ0v) is 19.4. The first-order chi connectivity index (χ1) is 14.5. The summed E-state index contributed by atoms with van der Waals surface area (Å²) in [6, 6.07) is 16.3. The molecule has 1 heterocycles. The lowest BCUT2D eigenvalue weighted by atomic mass is 9.97. The maximum atomic E-state index is 12.4. The molecule has 1 amide bonds. The number of hydrogen-bond acceptors (Lipinski definition) is 6. The highest BCUT2D eigenvalue weighted by Gasteiger charge is 2.13. The second-order valence-corrected chi connectivity index (χ2v) is 9.71. The molecule has 0 aliphatic carbocycles. The van der Waals surface area contributed by atoms with E-state index in [0.717, 1.165) is 27.3 Å². The van der Waals surface area contributed by atoms with Gasteiger partial charge in [-0.2, -0.15) is 0 Å². The molecule has 158 valence electrons. The molecule has 0 spiro atoms. The first kappa shape index (κ1) is 22.3. The fourth-order valence-electron chi connectivity index (χ4n) is 2.97. The van der Waals surface area contributed by atoms with Crippen molar-refractivity contribution in [2.45, 2.75) is 50.3 Å². The van der Waals surface area contributed by atoms with E-state index in [9.17, 15) is 4.79 Å². The van der Waals surface area contributed by atoms with Crippen LogP contribution in [0.1, 0.15) is 57.1 Å². The Hall–Kier alpha value is -2.38. The van der Waals surface area contributed by atoms with Gasteiger partial charge in [0.2, 0.25) is 11.0 Å². The number of hydrogen-bond donors (Lipinski definition) is 2. The maximum Gasteiger partial charge on any atom is 0.234 e. The summed E-state index contributed by atoms with van der Waals surface area (Å²) in [5, 5.41) is 15.4. The van der Waals surface area contributed by atoms with E-state index >= 15 is 0 Å². The Labute approximate surface area is 186 Å². The summed E-state index contributed by atoms with van der Waals surface area (Å²) >= 11 is 2.85. The van der Waals surface area contributed by atoms with Crippen LogP contribution in [0, 0.1) is 0 Å². The lowest BCUT2D eigenvalue weighted by molar-refractivity contribution is -0.113. The molecule has 0 saturated carbocycles. The lowest BCUT2D eigenvalue weighted by Crippen LogP contribution is -2.15. The van der Waals surface area contributed by atoms with Crippen LogP contribution in [-0.2, 0) is 4.79 Å². The highest BCUT2D eigenvalue weighted by Crippen LogP contribution is 2.29. The monoisotopic (exact) mass is 440 g/mol. The van der Waals surface area contributed by atoms with Gasteiger partial charge in [0.1, 0.15) is 0 Å². The summed E-state index contributed by atoms with van der Waals surface area (Å²) in [5.41, 5.74) is 4.34. The molecule has 30 heavy (non-hydrogen) atoms. The van der Waals surface area contributed by atoms with E-state index in [1.807, 2.05) is 30.3 Å². The summed E-state index contributed by atoms with van der Waals surface area (Å²) in [4.78, 5) is 12.4. The van der Waals surface area contributed by atoms with Gasteiger partial charge in [-0.3, -0.25) is 4.79 Å². The van der Waals surface area contributed by atoms with Gasteiger partial charge >= 0.3 is 0 Å². The van der Waals surface area contributed by atoms with E-state index < -0.39 is 0 Å². The number of carbonyl (C=O) groups excluding carboxylic acids is 1. The van der Waals surface area contributed by atoms with Crippen LogP contribution in [0.2, 0.25) is 0 Å². The third-order valence-corrected chi connectivity index (χ3v) is 6.91. The summed E-state index contributed by atoms with van der Waals surface area (Å²) in [6.45, 7) is 8.68. The second kappa shape index (κ2) is 10.6. The van der Waals surface area contributed by atoms with Crippen molar-refractivity contribution in [1.29, 1.82) is 0 Å². The van der Waals surface area contributed by atoms with E-state index in [-0.39, 0.29) is 5.91 Å². The number of amides is 1. The molecule has 0 aliphatic heterocycles. The fraction of sp³-hybridized carbons (Fsp3) is 0.348. The van der Waals surface area contributed by atoms with Gasteiger partial charge in [-0.15, -0.1) is 10.2 Å².